The fourth-order valence-electron chi connectivity index (χ4n) is 3.25. The summed E-state index contributed by atoms with van der Waals surface area (Å²) in [6.07, 6.45) is 3.57. The van der Waals surface area contributed by atoms with Gasteiger partial charge < -0.3 is 5.73 Å². The van der Waals surface area contributed by atoms with Gasteiger partial charge in [-0.25, -0.2) is 4.39 Å². The number of hydrogen-bond acceptors (Lipinski definition) is 2. The third kappa shape index (κ3) is 3.34. The fourth-order valence-corrected chi connectivity index (χ4v) is 3.25. The molecule has 2 unspecified atom stereocenters. The minimum absolute atomic E-state index is 0.152. The number of benzene rings is 1. The van der Waals surface area contributed by atoms with E-state index in [1.54, 1.807) is 6.07 Å². The summed E-state index contributed by atoms with van der Waals surface area (Å²) in [6.45, 7) is 6.18. The van der Waals surface area contributed by atoms with Crippen LogP contribution in [-0.2, 0) is 0 Å². The molecule has 0 amide bonds. The Morgan fingerprint density at radius 2 is 2.16 bits per heavy atom. The van der Waals surface area contributed by atoms with Gasteiger partial charge in [-0.3, -0.25) is 4.90 Å². The Morgan fingerprint density at radius 1 is 1.37 bits per heavy atom. The van der Waals surface area contributed by atoms with Crippen LogP contribution in [0.4, 0.5) is 4.39 Å². The Morgan fingerprint density at radius 3 is 2.79 bits per heavy atom. The van der Waals surface area contributed by atoms with Gasteiger partial charge >= 0.3 is 0 Å². The Hall–Kier alpha value is -0.930. The zero-order chi connectivity index (χ0) is 13.8. The molecule has 1 aliphatic heterocycles. The molecular weight excluding hydrogens is 239 g/mol. The highest BCUT2D eigenvalue weighted by Gasteiger charge is 2.31. The van der Waals surface area contributed by atoms with Crippen LogP contribution < -0.4 is 5.73 Å². The zero-order valence-corrected chi connectivity index (χ0v) is 12.0. The Kier molecular flexibility index (Phi) is 4.94. The van der Waals surface area contributed by atoms with Crippen LogP contribution in [0.1, 0.15) is 44.7 Å². The zero-order valence-electron chi connectivity index (χ0n) is 12.0. The predicted molar refractivity (Wildman–Crippen MR) is 77.4 cm³/mol. The first-order chi connectivity index (χ1) is 9.13. The maximum absolute atomic E-state index is 13.5. The SMILES string of the molecule is CC(C)N1CCCCC(CN)C1c1cccc(F)c1. The normalized spacial score (nSPS) is 25.5. The highest BCUT2D eigenvalue weighted by Crippen LogP contribution is 2.36. The van der Waals surface area contributed by atoms with Gasteiger partial charge in [-0.15, -0.1) is 0 Å². The second kappa shape index (κ2) is 6.49. The number of rotatable bonds is 3. The number of likely N-dealkylation sites (tertiary alicyclic amines) is 1. The van der Waals surface area contributed by atoms with E-state index in [0.29, 0.717) is 18.5 Å². The highest BCUT2D eigenvalue weighted by atomic mass is 19.1. The molecule has 3 heteroatoms. The number of halogens is 1. The molecule has 1 aromatic rings. The van der Waals surface area contributed by atoms with Crippen LogP contribution in [0.15, 0.2) is 24.3 Å². The molecule has 2 nitrogen and oxygen atoms in total. The van der Waals surface area contributed by atoms with E-state index in [9.17, 15) is 4.39 Å². The van der Waals surface area contributed by atoms with Gasteiger partial charge in [0.25, 0.3) is 0 Å². The molecule has 2 N–H and O–H groups in total. The molecule has 19 heavy (non-hydrogen) atoms. The second-order valence-electron chi connectivity index (χ2n) is 5.82. The topological polar surface area (TPSA) is 29.3 Å². The molecule has 1 aromatic carbocycles. The molecule has 1 aliphatic rings. The van der Waals surface area contributed by atoms with E-state index >= 15 is 0 Å². The van der Waals surface area contributed by atoms with Crippen LogP contribution in [0.5, 0.6) is 0 Å². The molecule has 1 fully saturated rings. The van der Waals surface area contributed by atoms with E-state index in [-0.39, 0.29) is 11.9 Å². The lowest BCUT2D eigenvalue weighted by Crippen LogP contribution is -2.39. The summed E-state index contributed by atoms with van der Waals surface area (Å²) in [5, 5.41) is 0. The standard InChI is InChI=1S/C16H25FN2/c1-12(2)19-9-4-3-6-14(11-18)16(19)13-7-5-8-15(17)10-13/h5,7-8,10,12,14,16H,3-4,6,9,11,18H2,1-2H3. The molecule has 2 rings (SSSR count). The van der Waals surface area contributed by atoms with Gasteiger partial charge in [-0.2, -0.15) is 0 Å². The van der Waals surface area contributed by atoms with E-state index in [1.165, 1.54) is 18.9 Å². The Balaban J connectivity index is 2.37. The van der Waals surface area contributed by atoms with Gasteiger partial charge in [0.05, 0.1) is 0 Å². The molecule has 0 bridgehead atoms. The molecule has 2 atom stereocenters. The van der Waals surface area contributed by atoms with Crippen molar-refractivity contribution in [2.45, 2.75) is 45.2 Å². The van der Waals surface area contributed by atoms with Crippen molar-refractivity contribution < 1.29 is 4.39 Å². The molecule has 0 aliphatic carbocycles. The van der Waals surface area contributed by atoms with Gasteiger partial charge in [0.15, 0.2) is 0 Å². The van der Waals surface area contributed by atoms with Gasteiger partial charge in [-0.1, -0.05) is 18.6 Å². The summed E-state index contributed by atoms with van der Waals surface area (Å²) >= 11 is 0. The van der Waals surface area contributed by atoms with Crippen LogP contribution in [0.25, 0.3) is 0 Å². The van der Waals surface area contributed by atoms with Crippen LogP contribution in [0.2, 0.25) is 0 Å². The van der Waals surface area contributed by atoms with Crippen molar-refractivity contribution in [3.8, 4) is 0 Å². The van der Waals surface area contributed by atoms with Crippen molar-refractivity contribution in [1.29, 1.82) is 0 Å². The van der Waals surface area contributed by atoms with Crippen molar-refractivity contribution in [2.24, 2.45) is 11.7 Å². The minimum Gasteiger partial charge on any atom is -0.330 e. The smallest absolute Gasteiger partial charge is 0.123 e. The van der Waals surface area contributed by atoms with Crippen LogP contribution >= 0.6 is 0 Å². The molecule has 0 saturated carbocycles. The molecule has 0 spiro atoms. The van der Waals surface area contributed by atoms with E-state index < -0.39 is 0 Å². The minimum atomic E-state index is -0.152. The van der Waals surface area contributed by atoms with Crippen molar-refractivity contribution in [3.05, 3.63) is 35.6 Å². The monoisotopic (exact) mass is 264 g/mol. The lowest BCUT2D eigenvalue weighted by atomic mass is 9.88. The first-order valence-electron chi connectivity index (χ1n) is 7.34. The maximum Gasteiger partial charge on any atom is 0.123 e. The number of nitrogens with two attached hydrogens (primary N) is 1. The van der Waals surface area contributed by atoms with E-state index in [2.05, 4.69) is 18.7 Å². The van der Waals surface area contributed by atoms with E-state index in [1.807, 2.05) is 12.1 Å². The molecule has 1 heterocycles. The fraction of sp³-hybridized carbons (Fsp3) is 0.625. The van der Waals surface area contributed by atoms with Crippen molar-refractivity contribution >= 4 is 0 Å². The number of hydrogen-bond donors (Lipinski definition) is 1. The Bertz CT molecular complexity index is 405. The third-order valence-corrected chi connectivity index (χ3v) is 4.20. The summed E-state index contributed by atoms with van der Waals surface area (Å²) in [5.41, 5.74) is 7.06. The molecule has 0 radical (unpaired) electrons. The van der Waals surface area contributed by atoms with Gasteiger partial charge in [0.2, 0.25) is 0 Å². The third-order valence-electron chi connectivity index (χ3n) is 4.20. The van der Waals surface area contributed by atoms with Gasteiger partial charge in [0.1, 0.15) is 5.82 Å². The Labute approximate surface area is 115 Å². The van der Waals surface area contributed by atoms with E-state index in [4.69, 9.17) is 5.73 Å². The maximum atomic E-state index is 13.5. The number of nitrogens with zero attached hydrogens (tertiary/aromatic N) is 1. The summed E-state index contributed by atoms with van der Waals surface area (Å²) in [4.78, 5) is 2.49. The average molecular weight is 264 g/mol. The van der Waals surface area contributed by atoms with Crippen molar-refractivity contribution in [3.63, 3.8) is 0 Å². The lowest BCUT2D eigenvalue weighted by molar-refractivity contribution is 0.121. The quantitative estimate of drug-likeness (QED) is 0.907. The lowest BCUT2D eigenvalue weighted by Gasteiger charge is -2.37. The molecule has 1 saturated heterocycles. The average Bonchev–Trinajstić information content (AvgIpc) is 2.60. The second-order valence-corrected chi connectivity index (χ2v) is 5.82. The van der Waals surface area contributed by atoms with Crippen LogP contribution in [-0.4, -0.2) is 24.0 Å². The van der Waals surface area contributed by atoms with Crippen molar-refractivity contribution in [1.82, 2.24) is 4.90 Å². The molecule has 0 aromatic heterocycles. The van der Waals surface area contributed by atoms with Crippen molar-refractivity contribution in [2.75, 3.05) is 13.1 Å². The predicted octanol–water partition coefficient (Wildman–Crippen LogP) is 3.34. The first kappa shape index (κ1) is 14.5. The summed E-state index contributed by atoms with van der Waals surface area (Å²) < 4.78 is 13.5. The van der Waals surface area contributed by atoms with E-state index in [0.717, 1.165) is 18.5 Å². The van der Waals surface area contributed by atoms with Crippen LogP contribution in [0, 0.1) is 11.7 Å². The molecule has 106 valence electrons. The van der Waals surface area contributed by atoms with Crippen LogP contribution in [0.3, 0.4) is 0 Å². The largest absolute Gasteiger partial charge is 0.330 e. The van der Waals surface area contributed by atoms with Gasteiger partial charge in [-0.05, 0) is 63.4 Å². The summed E-state index contributed by atoms with van der Waals surface area (Å²) in [6, 6.07) is 7.74. The summed E-state index contributed by atoms with van der Waals surface area (Å²) in [5.74, 6) is 0.271. The highest BCUT2D eigenvalue weighted by molar-refractivity contribution is 5.21. The first-order valence-corrected chi connectivity index (χ1v) is 7.34. The van der Waals surface area contributed by atoms with Gasteiger partial charge in [0, 0.05) is 12.1 Å². The summed E-state index contributed by atoms with van der Waals surface area (Å²) in [7, 11) is 0. The molecular formula is C16H25FN2.